The van der Waals surface area contributed by atoms with Crippen molar-refractivity contribution >= 4 is 34.2 Å². The van der Waals surface area contributed by atoms with Crippen LogP contribution in [-0.2, 0) is 11.6 Å². The summed E-state index contributed by atoms with van der Waals surface area (Å²) in [6, 6.07) is 6.25. The second-order valence-corrected chi connectivity index (χ2v) is 10.7. The second-order valence-electron chi connectivity index (χ2n) is 3.02. The van der Waals surface area contributed by atoms with Crippen LogP contribution in [0.2, 0.25) is 0 Å². The number of rotatable bonds is 4. The third-order valence-electron chi connectivity index (χ3n) is 1.72. The van der Waals surface area contributed by atoms with E-state index in [1.807, 2.05) is 0 Å². The molecule has 0 spiro atoms. The van der Waals surface area contributed by atoms with E-state index in [4.69, 9.17) is 5.21 Å². The zero-order valence-corrected chi connectivity index (χ0v) is 14.8. The minimum atomic E-state index is -2.95. The van der Waals surface area contributed by atoms with Gasteiger partial charge >= 0.3 is 134 Å². The molecular formula is C9H10I2N2O5S-2. The molecule has 0 radical (unpaired) electrons. The molecular weight excluding hydrogens is 502 g/mol. The molecule has 1 unspecified atom stereocenters. The quantitative estimate of drug-likeness (QED) is 0.250. The van der Waals surface area contributed by atoms with Crippen LogP contribution in [0, 0.1) is 8.78 Å². The molecule has 0 fully saturated rings. The second kappa shape index (κ2) is 7.68. The van der Waals surface area contributed by atoms with Gasteiger partial charge in [-0.05, 0) is 0 Å². The van der Waals surface area contributed by atoms with Gasteiger partial charge in [-0.2, -0.15) is 0 Å². The van der Waals surface area contributed by atoms with Crippen LogP contribution < -0.4 is 21.5 Å². The van der Waals surface area contributed by atoms with Gasteiger partial charge in [0.15, 0.2) is 0 Å². The number of ether oxygens (including phenoxy) is 1. The summed E-state index contributed by atoms with van der Waals surface area (Å²) >= 11 is 0.286. The Morgan fingerprint density at radius 1 is 1.68 bits per heavy atom. The van der Waals surface area contributed by atoms with Gasteiger partial charge in [0.1, 0.15) is 0 Å². The van der Waals surface area contributed by atoms with Gasteiger partial charge in [-0.1, -0.05) is 0 Å². The Labute approximate surface area is 133 Å². The van der Waals surface area contributed by atoms with Crippen molar-refractivity contribution in [3.8, 4) is 0 Å². The van der Waals surface area contributed by atoms with Crippen molar-refractivity contribution in [3.05, 3.63) is 33.0 Å². The number of hydrogen-bond acceptors (Lipinski definition) is 6. The average molecular weight is 512 g/mol. The molecule has 1 amide bonds. The normalized spacial score (nSPS) is 14.2. The van der Waals surface area contributed by atoms with Crippen molar-refractivity contribution in [1.29, 1.82) is 0 Å². The van der Waals surface area contributed by atoms with Gasteiger partial charge in [-0.3, -0.25) is 0 Å². The summed E-state index contributed by atoms with van der Waals surface area (Å²) in [5, 5.41) is 19.3. The van der Waals surface area contributed by atoms with Crippen LogP contribution in [-0.4, -0.2) is 25.6 Å². The summed E-state index contributed by atoms with van der Waals surface area (Å²) in [6.07, 6.45) is -0.894. The maximum atomic E-state index is 12.3. The van der Waals surface area contributed by atoms with Crippen molar-refractivity contribution in [2.45, 2.75) is 11.8 Å². The number of nitrogens with zero attached hydrogens (tertiary/aromatic N) is 2. The third kappa shape index (κ3) is 5.86. The molecule has 1 aromatic carbocycles. The Morgan fingerprint density at radius 2 is 2.37 bits per heavy atom. The molecule has 1 aromatic rings. The van der Waals surface area contributed by atoms with Crippen molar-refractivity contribution in [2.75, 3.05) is 6.61 Å². The first-order valence-electron chi connectivity index (χ1n) is 4.90. The predicted octanol–water partition coefficient (Wildman–Crippen LogP) is -0.617. The van der Waals surface area contributed by atoms with Crippen LogP contribution in [0.15, 0.2) is 33.5 Å². The Balaban J connectivity index is 3.08. The summed E-state index contributed by atoms with van der Waals surface area (Å²) in [7, 11) is 0. The molecule has 7 nitrogen and oxygen atoms in total. The fraction of sp³-hybridized carbons (Fsp3) is 0.222. The summed E-state index contributed by atoms with van der Waals surface area (Å²) in [5.74, 6) is 0. The summed E-state index contributed by atoms with van der Waals surface area (Å²) in [6.45, 7) is -1.18. The van der Waals surface area contributed by atoms with E-state index in [1.54, 1.807) is 40.3 Å². The summed E-state index contributed by atoms with van der Waals surface area (Å²) in [5.41, 5.74) is 0. The monoisotopic (exact) mass is 512 g/mol. The van der Waals surface area contributed by atoms with Crippen molar-refractivity contribution in [2.24, 2.45) is 4.36 Å². The molecule has 1 atom stereocenters. The molecule has 0 heterocycles. The minimum absolute atomic E-state index is 0.129. The molecule has 0 aliphatic carbocycles. The third-order valence-corrected chi connectivity index (χ3v) is 6.69. The van der Waals surface area contributed by atoms with E-state index in [0.29, 0.717) is 8.47 Å². The van der Waals surface area contributed by atoms with E-state index in [2.05, 4.69) is 9.10 Å². The maximum absolute atomic E-state index is 12.3. The number of carbonyl (C=O) groups is 1. The Hall–Kier alpha value is -0.0200. The van der Waals surface area contributed by atoms with Gasteiger partial charge in [-0.25, -0.2) is 0 Å². The van der Waals surface area contributed by atoms with Crippen LogP contribution >= 0.6 is 21.2 Å². The van der Waals surface area contributed by atoms with E-state index >= 15 is 0 Å². The molecule has 0 bridgehead atoms. The zero-order chi connectivity index (χ0) is 14.5. The fourth-order valence-corrected chi connectivity index (χ4v) is 4.76. The standard InChI is InChI=1S/C9H10I2N2O5S/c1-2-18-9(14)12-19(10,17)8-5-3-4-7(6-8)11-13(15)16/h3-6,15H,2H2,1H3/q-2. The Bertz CT molecular complexity index is 571. The van der Waals surface area contributed by atoms with E-state index < -0.39 is 34.5 Å². The van der Waals surface area contributed by atoms with Gasteiger partial charge in [0.2, 0.25) is 0 Å². The van der Waals surface area contributed by atoms with Crippen LogP contribution in [0.1, 0.15) is 6.92 Å². The van der Waals surface area contributed by atoms with E-state index in [9.17, 15) is 14.2 Å². The van der Waals surface area contributed by atoms with Gasteiger partial charge in [0.05, 0.1) is 0 Å². The van der Waals surface area contributed by atoms with Crippen molar-refractivity contribution < 1.29 is 40.4 Å². The topological polar surface area (TPSA) is 102 Å². The summed E-state index contributed by atoms with van der Waals surface area (Å²) < 4.78 is 20.8. The molecule has 0 aliphatic heterocycles. The first kappa shape index (κ1) is 17.0. The van der Waals surface area contributed by atoms with Crippen LogP contribution in [0.25, 0.3) is 0 Å². The van der Waals surface area contributed by atoms with Crippen LogP contribution in [0.3, 0.4) is 0 Å². The van der Waals surface area contributed by atoms with Crippen LogP contribution in [0.5, 0.6) is 0 Å². The average Bonchev–Trinajstić information content (AvgIpc) is 2.28. The molecule has 108 valence electrons. The first-order valence-corrected chi connectivity index (χ1v) is 11.0. The van der Waals surface area contributed by atoms with Gasteiger partial charge in [0, 0.05) is 0 Å². The Morgan fingerprint density at radius 3 is 2.95 bits per heavy atom. The molecule has 1 N–H and O–H groups in total. The summed E-state index contributed by atoms with van der Waals surface area (Å²) in [4.78, 5) is 11.5. The number of amides is 1. The first-order chi connectivity index (χ1) is 8.85. The molecule has 10 heteroatoms. The number of carbonyl (C=O) groups excluding carboxylic acids is 1. The molecule has 19 heavy (non-hydrogen) atoms. The Kier molecular flexibility index (Phi) is 6.89. The van der Waals surface area contributed by atoms with Crippen LogP contribution in [0.4, 0.5) is 4.79 Å². The molecule has 0 saturated heterocycles. The van der Waals surface area contributed by atoms with E-state index in [-0.39, 0.29) is 10.0 Å². The molecule has 0 aliphatic rings. The molecule has 1 rings (SSSR count). The van der Waals surface area contributed by atoms with Gasteiger partial charge in [-0.15, -0.1) is 0 Å². The van der Waals surface area contributed by atoms with Crippen molar-refractivity contribution in [1.82, 2.24) is 3.44 Å². The predicted molar refractivity (Wildman–Crippen MR) is 72.0 cm³/mol. The van der Waals surface area contributed by atoms with Crippen molar-refractivity contribution in [3.63, 3.8) is 0 Å². The molecule has 0 aromatic heterocycles. The SMILES string of the molecule is CCOC(=O)N=S(=O)(I)c1cccc([I-]N([O-])O)c1. The van der Waals surface area contributed by atoms with Gasteiger partial charge in [0.25, 0.3) is 0 Å². The number of benzene rings is 1. The zero-order valence-electron chi connectivity index (χ0n) is 9.66. The number of halogens is 2. The van der Waals surface area contributed by atoms with E-state index in [0.717, 1.165) is 0 Å². The number of hydrogen-bond donors (Lipinski definition) is 1. The van der Waals surface area contributed by atoms with Gasteiger partial charge < -0.3 is 0 Å². The fourth-order valence-electron chi connectivity index (χ4n) is 1.06. The van der Waals surface area contributed by atoms with E-state index in [1.165, 1.54) is 12.1 Å². The molecule has 0 saturated carbocycles.